The van der Waals surface area contributed by atoms with E-state index >= 15 is 0 Å². The molecular formula is C11H12BrN3. The van der Waals surface area contributed by atoms with Crippen LogP contribution in [0.3, 0.4) is 0 Å². The highest BCUT2D eigenvalue weighted by Crippen LogP contribution is 2.19. The molecule has 0 atom stereocenters. The summed E-state index contributed by atoms with van der Waals surface area (Å²) in [5.41, 5.74) is 2.36. The van der Waals surface area contributed by atoms with Gasteiger partial charge in [0.15, 0.2) is 5.95 Å². The lowest BCUT2D eigenvalue weighted by molar-refractivity contribution is 1.10. The van der Waals surface area contributed by atoms with Crippen molar-refractivity contribution in [2.75, 3.05) is 12.4 Å². The van der Waals surface area contributed by atoms with Gasteiger partial charge in [0.25, 0.3) is 0 Å². The first-order valence-corrected chi connectivity index (χ1v) is 5.54. The van der Waals surface area contributed by atoms with Gasteiger partial charge in [0.1, 0.15) is 0 Å². The fourth-order valence-corrected chi connectivity index (χ4v) is 1.85. The molecule has 0 aliphatic rings. The zero-order chi connectivity index (χ0) is 10.7. The van der Waals surface area contributed by atoms with Crippen molar-refractivity contribution in [1.82, 2.24) is 9.97 Å². The second kappa shape index (κ2) is 4.49. The fraction of sp³-hybridized carbons (Fsp3) is 0.182. The molecule has 0 unspecified atom stereocenters. The standard InChI is InChI=1S/C11H12BrN3/c1-13-11-14-7-9(15-11)6-8-4-2-3-5-10(8)12/h2-5,7H,6H2,1H3,(H2,13,14,15). The number of H-pyrrole nitrogens is 1. The van der Waals surface area contributed by atoms with E-state index in [1.54, 1.807) is 0 Å². The van der Waals surface area contributed by atoms with Crippen molar-refractivity contribution in [3.63, 3.8) is 0 Å². The van der Waals surface area contributed by atoms with Crippen LogP contribution in [0.1, 0.15) is 11.3 Å². The number of aromatic nitrogens is 2. The summed E-state index contributed by atoms with van der Waals surface area (Å²) in [5, 5.41) is 2.97. The van der Waals surface area contributed by atoms with Gasteiger partial charge in [-0.3, -0.25) is 0 Å². The molecule has 3 nitrogen and oxygen atoms in total. The van der Waals surface area contributed by atoms with Crippen LogP contribution in [-0.2, 0) is 6.42 Å². The summed E-state index contributed by atoms with van der Waals surface area (Å²) in [4.78, 5) is 7.37. The average molecular weight is 266 g/mol. The molecule has 1 aromatic heterocycles. The average Bonchev–Trinajstić information content (AvgIpc) is 2.69. The summed E-state index contributed by atoms with van der Waals surface area (Å²) < 4.78 is 1.13. The first kappa shape index (κ1) is 10.2. The summed E-state index contributed by atoms with van der Waals surface area (Å²) in [7, 11) is 1.85. The molecular weight excluding hydrogens is 254 g/mol. The predicted octanol–water partition coefficient (Wildman–Crippen LogP) is 2.80. The van der Waals surface area contributed by atoms with Crippen LogP contribution in [0, 0.1) is 0 Å². The van der Waals surface area contributed by atoms with E-state index in [1.165, 1.54) is 5.56 Å². The van der Waals surface area contributed by atoms with Crippen molar-refractivity contribution in [1.29, 1.82) is 0 Å². The molecule has 15 heavy (non-hydrogen) atoms. The van der Waals surface area contributed by atoms with Gasteiger partial charge in [0, 0.05) is 23.6 Å². The van der Waals surface area contributed by atoms with Crippen LogP contribution in [0.15, 0.2) is 34.9 Å². The highest BCUT2D eigenvalue weighted by atomic mass is 79.9. The Labute approximate surface area is 97.1 Å². The van der Waals surface area contributed by atoms with Crippen molar-refractivity contribution in [2.24, 2.45) is 0 Å². The number of halogens is 1. The molecule has 0 spiro atoms. The Kier molecular flexibility index (Phi) is 3.06. The van der Waals surface area contributed by atoms with Gasteiger partial charge in [0.05, 0.1) is 6.20 Å². The van der Waals surface area contributed by atoms with Gasteiger partial charge in [-0.2, -0.15) is 0 Å². The monoisotopic (exact) mass is 265 g/mol. The van der Waals surface area contributed by atoms with Gasteiger partial charge in [0.2, 0.25) is 0 Å². The van der Waals surface area contributed by atoms with Gasteiger partial charge in [-0.25, -0.2) is 4.98 Å². The van der Waals surface area contributed by atoms with Gasteiger partial charge in [-0.1, -0.05) is 34.1 Å². The number of nitrogens with zero attached hydrogens (tertiary/aromatic N) is 1. The van der Waals surface area contributed by atoms with Crippen LogP contribution in [-0.4, -0.2) is 17.0 Å². The Hall–Kier alpha value is -1.29. The van der Waals surface area contributed by atoms with Gasteiger partial charge in [-0.05, 0) is 11.6 Å². The van der Waals surface area contributed by atoms with E-state index in [0.717, 1.165) is 22.5 Å². The van der Waals surface area contributed by atoms with E-state index in [4.69, 9.17) is 0 Å². The lowest BCUT2D eigenvalue weighted by Crippen LogP contribution is -1.92. The van der Waals surface area contributed by atoms with Crippen LogP contribution < -0.4 is 5.32 Å². The fourth-order valence-electron chi connectivity index (χ4n) is 1.42. The SMILES string of the molecule is CNc1ncc(Cc2ccccc2Br)[nH]1. The molecule has 0 saturated heterocycles. The number of benzene rings is 1. The lowest BCUT2D eigenvalue weighted by atomic mass is 10.1. The molecule has 0 aliphatic heterocycles. The van der Waals surface area contributed by atoms with Crippen molar-refractivity contribution >= 4 is 21.9 Å². The molecule has 0 fully saturated rings. The topological polar surface area (TPSA) is 40.7 Å². The molecule has 1 aromatic carbocycles. The maximum atomic E-state index is 4.18. The third-order valence-corrected chi connectivity index (χ3v) is 2.98. The van der Waals surface area contributed by atoms with Gasteiger partial charge in [-0.15, -0.1) is 0 Å². The Balaban J connectivity index is 2.18. The molecule has 0 saturated carbocycles. The van der Waals surface area contributed by atoms with E-state index < -0.39 is 0 Å². The summed E-state index contributed by atoms with van der Waals surface area (Å²) in [5.74, 6) is 0.803. The molecule has 0 radical (unpaired) electrons. The second-order valence-electron chi connectivity index (χ2n) is 3.28. The first-order valence-electron chi connectivity index (χ1n) is 4.74. The number of nitrogens with one attached hydrogen (secondary N) is 2. The molecule has 78 valence electrons. The number of anilines is 1. The van der Waals surface area contributed by atoms with E-state index in [1.807, 2.05) is 31.4 Å². The maximum Gasteiger partial charge on any atom is 0.200 e. The number of hydrogen-bond donors (Lipinski definition) is 2. The zero-order valence-corrected chi connectivity index (χ0v) is 10.0. The lowest BCUT2D eigenvalue weighted by Gasteiger charge is -2.01. The van der Waals surface area contributed by atoms with E-state index in [0.29, 0.717) is 0 Å². The van der Waals surface area contributed by atoms with E-state index in [-0.39, 0.29) is 0 Å². The van der Waals surface area contributed by atoms with E-state index in [9.17, 15) is 0 Å². The molecule has 0 aliphatic carbocycles. The first-order chi connectivity index (χ1) is 7.29. The molecule has 4 heteroatoms. The summed E-state index contributed by atoms with van der Waals surface area (Å²) in [6.07, 6.45) is 2.71. The molecule has 0 amide bonds. The molecule has 2 aromatic rings. The van der Waals surface area contributed by atoms with Gasteiger partial charge >= 0.3 is 0 Å². The van der Waals surface area contributed by atoms with Crippen molar-refractivity contribution in [3.05, 3.63) is 46.2 Å². The minimum absolute atomic E-state index is 0.803. The van der Waals surface area contributed by atoms with Crippen LogP contribution in [0.2, 0.25) is 0 Å². The smallest absolute Gasteiger partial charge is 0.200 e. The number of imidazole rings is 1. The molecule has 1 heterocycles. The highest BCUT2D eigenvalue weighted by molar-refractivity contribution is 9.10. The molecule has 2 rings (SSSR count). The third-order valence-electron chi connectivity index (χ3n) is 2.20. The minimum atomic E-state index is 0.803. The Morgan fingerprint density at radius 1 is 1.40 bits per heavy atom. The minimum Gasteiger partial charge on any atom is -0.359 e. The summed E-state index contributed by atoms with van der Waals surface area (Å²) in [6.45, 7) is 0. The van der Waals surface area contributed by atoms with Crippen molar-refractivity contribution in [3.8, 4) is 0 Å². The normalized spacial score (nSPS) is 10.3. The maximum absolute atomic E-state index is 4.18. The van der Waals surface area contributed by atoms with Crippen LogP contribution in [0.25, 0.3) is 0 Å². The Morgan fingerprint density at radius 3 is 2.87 bits per heavy atom. The number of rotatable bonds is 3. The quantitative estimate of drug-likeness (QED) is 0.896. The molecule has 2 N–H and O–H groups in total. The largest absolute Gasteiger partial charge is 0.359 e. The van der Waals surface area contributed by atoms with Crippen LogP contribution in [0.5, 0.6) is 0 Å². The van der Waals surface area contributed by atoms with Crippen LogP contribution in [0.4, 0.5) is 5.95 Å². The Morgan fingerprint density at radius 2 is 2.20 bits per heavy atom. The van der Waals surface area contributed by atoms with E-state index in [2.05, 4.69) is 37.3 Å². The van der Waals surface area contributed by atoms with Gasteiger partial charge < -0.3 is 10.3 Å². The van der Waals surface area contributed by atoms with Crippen LogP contribution >= 0.6 is 15.9 Å². The number of aromatic amines is 1. The third kappa shape index (κ3) is 2.39. The molecule has 0 bridgehead atoms. The summed E-state index contributed by atoms with van der Waals surface area (Å²) >= 11 is 3.53. The predicted molar refractivity (Wildman–Crippen MR) is 65.1 cm³/mol. The van der Waals surface area contributed by atoms with Crippen molar-refractivity contribution in [2.45, 2.75) is 6.42 Å². The Bertz CT molecular complexity index is 451. The summed E-state index contributed by atoms with van der Waals surface area (Å²) in [6, 6.07) is 8.20. The second-order valence-corrected chi connectivity index (χ2v) is 4.13. The number of hydrogen-bond acceptors (Lipinski definition) is 2. The zero-order valence-electron chi connectivity index (χ0n) is 8.42. The van der Waals surface area contributed by atoms with Crippen molar-refractivity contribution < 1.29 is 0 Å². The highest BCUT2D eigenvalue weighted by Gasteiger charge is 2.02.